The van der Waals surface area contributed by atoms with Crippen molar-refractivity contribution in [3.8, 4) is 0 Å². The zero-order valence-corrected chi connectivity index (χ0v) is 14.2. The highest BCUT2D eigenvalue weighted by molar-refractivity contribution is 9.10. The molecule has 21 heavy (non-hydrogen) atoms. The van der Waals surface area contributed by atoms with Gasteiger partial charge in [0.2, 0.25) is 0 Å². The summed E-state index contributed by atoms with van der Waals surface area (Å²) in [5, 5.41) is 3.01. The Morgan fingerprint density at radius 3 is 2.76 bits per heavy atom. The molecule has 0 aromatic heterocycles. The third-order valence-electron chi connectivity index (χ3n) is 3.89. The van der Waals surface area contributed by atoms with Gasteiger partial charge in [-0.1, -0.05) is 13.3 Å². The van der Waals surface area contributed by atoms with Gasteiger partial charge in [0.1, 0.15) is 0 Å². The number of nitrogens with zero attached hydrogens (tertiary/aromatic N) is 1. The number of likely N-dealkylation sites (tertiary alicyclic amines) is 1. The first kappa shape index (κ1) is 16.3. The van der Waals surface area contributed by atoms with Gasteiger partial charge in [-0.3, -0.25) is 4.79 Å². The molecule has 1 aromatic rings. The third kappa shape index (κ3) is 5.00. The van der Waals surface area contributed by atoms with Gasteiger partial charge in [-0.2, -0.15) is 0 Å². The summed E-state index contributed by atoms with van der Waals surface area (Å²) in [4.78, 5) is 14.6. The van der Waals surface area contributed by atoms with Gasteiger partial charge < -0.3 is 16.0 Å². The summed E-state index contributed by atoms with van der Waals surface area (Å²) >= 11 is 3.35. The fourth-order valence-corrected chi connectivity index (χ4v) is 3.06. The number of hydrogen-bond donors (Lipinski definition) is 2. The van der Waals surface area contributed by atoms with Crippen LogP contribution in [0.2, 0.25) is 0 Å². The first-order valence-electron chi connectivity index (χ1n) is 7.62. The maximum atomic E-state index is 12.1. The van der Waals surface area contributed by atoms with Crippen LogP contribution in [-0.4, -0.2) is 37.0 Å². The molecule has 1 aliphatic rings. The van der Waals surface area contributed by atoms with Gasteiger partial charge >= 0.3 is 0 Å². The molecule has 1 fully saturated rings. The number of amides is 1. The Balaban J connectivity index is 1.78. The molecule has 116 valence electrons. The van der Waals surface area contributed by atoms with E-state index in [2.05, 4.69) is 33.1 Å². The van der Waals surface area contributed by atoms with Gasteiger partial charge in [-0.25, -0.2) is 0 Å². The Labute approximate surface area is 135 Å². The maximum absolute atomic E-state index is 12.1. The number of piperidine rings is 1. The van der Waals surface area contributed by atoms with E-state index in [1.807, 2.05) is 0 Å². The summed E-state index contributed by atoms with van der Waals surface area (Å²) < 4.78 is 0.761. The second-order valence-electron chi connectivity index (χ2n) is 5.91. The number of hydrogen-bond acceptors (Lipinski definition) is 3. The Morgan fingerprint density at radius 1 is 1.38 bits per heavy atom. The summed E-state index contributed by atoms with van der Waals surface area (Å²) in [6.45, 7) is 6.35. The van der Waals surface area contributed by atoms with Gasteiger partial charge in [0, 0.05) is 28.8 Å². The molecule has 0 radical (unpaired) electrons. The van der Waals surface area contributed by atoms with Crippen LogP contribution in [0.1, 0.15) is 36.5 Å². The van der Waals surface area contributed by atoms with Gasteiger partial charge in [-0.15, -0.1) is 0 Å². The van der Waals surface area contributed by atoms with E-state index in [9.17, 15) is 4.79 Å². The molecular weight excluding hydrogens is 330 g/mol. The predicted molar refractivity (Wildman–Crippen MR) is 90.3 cm³/mol. The monoisotopic (exact) mass is 353 g/mol. The topological polar surface area (TPSA) is 58.4 Å². The molecule has 0 aliphatic carbocycles. The SMILES string of the molecule is CC(CNC(=O)c1ccc(N)c(Br)c1)CN1CCCCC1. The molecular formula is C16H24BrN3O. The maximum Gasteiger partial charge on any atom is 0.251 e. The predicted octanol–water partition coefficient (Wildman–Crippen LogP) is 2.88. The smallest absolute Gasteiger partial charge is 0.251 e. The van der Waals surface area contributed by atoms with Crippen molar-refractivity contribution in [2.24, 2.45) is 5.92 Å². The minimum absolute atomic E-state index is 0.0406. The van der Waals surface area contributed by atoms with Crippen molar-refractivity contribution in [1.29, 1.82) is 0 Å². The molecule has 1 unspecified atom stereocenters. The number of nitrogens with two attached hydrogens (primary N) is 1. The Hall–Kier alpha value is -1.07. The van der Waals surface area contributed by atoms with E-state index < -0.39 is 0 Å². The van der Waals surface area contributed by atoms with Crippen LogP contribution >= 0.6 is 15.9 Å². The average Bonchev–Trinajstić information content (AvgIpc) is 2.48. The highest BCUT2D eigenvalue weighted by atomic mass is 79.9. The van der Waals surface area contributed by atoms with Crippen LogP contribution in [0.3, 0.4) is 0 Å². The van der Waals surface area contributed by atoms with Crippen molar-refractivity contribution < 1.29 is 4.79 Å². The van der Waals surface area contributed by atoms with Crippen LogP contribution in [0.4, 0.5) is 5.69 Å². The van der Waals surface area contributed by atoms with Gasteiger partial charge in [0.25, 0.3) is 5.91 Å². The lowest BCUT2D eigenvalue weighted by atomic mass is 10.1. The second kappa shape index (κ2) is 7.80. The minimum Gasteiger partial charge on any atom is -0.398 e. The number of nitrogens with one attached hydrogen (secondary N) is 1. The molecule has 1 aromatic carbocycles. The number of rotatable bonds is 5. The van der Waals surface area contributed by atoms with Gasteiger partial charge in [-0.05, 0) is 66.0 Å². The summed E-state index contributed by atoms with van der Waals surface area (Å²) in [5.74, 6) is 0.422. The Morgan fingerprint density at radius 2 is 2.10 bits per heavy atom. The van der Waals surface area contributed by atoms with Crippen LogP contribution in [-0.2, 0) is 0 Å². The lowest BCUT2D eigenvalue weighted by molar-refractivity contribution is 0.0942. The first-order chi connectivity index (χ1) is 10.1. The lowest BCUT2D eigenvalue weighted by Crippen LogP contribution is -2.38. The van der Waals surface area contributed by atoms with Crippen LogP contribution < -0.4 is 11.1 Å². The van der Waals surface area contributed by atoms with Crippen molar-refractivity contribution in [2.45, 2.75) is 26.2 Å². The fraction of sp³-hybridized carbons (Fsp3) is 0.562. The summed E-state index contributed by atoms with van der Waals surface area (Å²) in [6.07, 6.45) is 3.96. The van der Waals surface area contributed by atoms with Crippen LogP contribution in [0.5, 0.6) is 0 Å². The number of carbonyl (C=O) groups excluding carboxylic acids is 1. The van der Waals surface area contributed by atoms with Crippen LogP contribution in [0.25, 0.3) is 0 Å². The van der Waals surface area contributed by atoms with Gasteiger partial charge in [0.05, 0.1) is 0 Å². The van der Waals surface area contributed by atoms with E-state index >= 15 is 0 Å². The fourth-order valence-electron chi connectivity index (χ4n) is 2.68. The molecule has 1 aliphatic heterocycles. The zero-order chi connectivity index (χ0) is 15.2. The molecule has 4 nitrogen and oxygen atoms in total. The molecule has 1 atom stereocenters. The molecule has 1 heterocycles. The van der Waals surface area contributed by atoms with Crippen LogP contribution in [0, 0.1) is 5.92 Å². The lowest BCUT2D eigenvalue weighted by Gasteiger charge is -2.29. The number of halogens is 1. The standard InChI is InChI=1S/C16H24BrN3O/c1-12(11-20-7-3-2-4-8-20)10-19-16(21)13-5-6-15(18)14(17)9-13/h5-6,9,12H,2-4,7-8,10-11,18H2,1H3,(H,19,21). The molecule has 3 N–H and O–H groups in total. The summed E-state index contributed by atoms with van der Waals surface area (Å²) in [7, 11) is 0. The highest BCUT2D eigenvalue weighted by Crippen LogP contribution is 2.20. The van der Waals surface area contributed by atoms with Crippen molar-refractivity contribution in [3.05, 3.63) is 28.2 Å². The van der Waals surface area contributed by atoms with E-state index in [0.717, 1.165) is 11.0 Å². The highest BCUT2D eigenvalue weighted by Gasteiger charge is 2.14. The molecule has 5 heteroatoms. The quantitative estimate of drug-likeness (QED) is 0.800. The molecule has 0 bridgehead atoms. The first-order valence-corrected chi connectivity index (χ1v) is 8.41. The molecule has 1 amide bonds. The molecule has 2 rings (SSSR count). The Kier molecular flexibility index (Phi) is 6.06. The van der Waals surface area contributed by atoms with Crippen LogP contribution in [0.15, 0.2) is 22.7 Å². The Bertz CT molecular complexity index is 486. The van der Waals surface area contributed by atoms with Crippen molar-refractivity contribution in [3.63, 3.8) is 0 Å². The molecule has 0 spiro atoms. The zero-order valence-electron chi connectivity index (χ0n) is 12.6. The summed E-state index contributed by atoms with van der Waals surface area (Å²) in [5.41, 5.74) is 7.01. The average molecular weight is 354 g/mol. The van der Waals surface area contributed by atoms with E-state index in [1.54, 1.807) is 18.2 Å². The number of benzene rings is 1. The van der Waals surface area contributed by atoms with Crippen molar-refractivity contribution in [2.75, 3.05) is 31.9 Å². The van der Waals surface area contributed by atoms with E-state index in [0.29, 0.717) is 23.7 Å². The van der Waals surface area contributed by atoms with Gasteiger partial charge in [0.15, 0.2) is 0 Å². The van der Waals surface area contributed by atoms with E-state index in [1.165, 1.54) is 32.4 Å². The van der Waals surface area contributed by atoms with Crippen molar-refractivity contribution in [1.82, 2.24) is 10.2 Å². The normalized spacial score (nSPS) is 17.4. The minimum atomic E-state index is -0.0406. The second-order valence-corrected chi connectivity index (χ2v) is 6.77. The third-order valence-corrected chi connectivity index (χ3v) is 4.58. The van der Waals surface area contributed by atoms with E-state index in [-0.39, 0.29) is 5.91 Å². The summed E-state index contributed by atoms with van der Waals surface area (Å²) in [6, 6.07) is 5.26. The molecule has 1 saturated heterocycles. The van der Waals surface area contributed by atoms with E-state index in [4.69, 9.17) is 5.73 Å². The van der Waals surface area contributed by atoms with Crippen molar-refractivity contribution >= 4 is 27.5 Å². The number of nitrogen functional groups attached to an aromatic ring is 1. The largest absolute Gasteiger partial charge is 0.398 e. The number of carbonyl (C=O) groups is 1. The molecule has 0 saturated carbocycles. The number of anilines is 1.